The van der Waals surface area contributed by atoms with E-state index in [-0.39, 0.29) is 0 Å². The minimum Gasteiger partial charge on any atom is -0.496 e. The maximum absolute atomic E-state index is 11.3. The Bertz CT molecular complexity index is 586. The Hall–Kier alpha value is -2.10. The van der Waals surface area contributed by atoms with Crippen LogP contribution in [0.4, 0.5) is 0 Å². The molecular formula is C16H20N2O2. The lowest BCUT2D eigenvalue weighted by Gasteiger charge is -2.12. The molecule has 0 radical (unpaired) electrons. The molecule has 2 rings (SSSR count). The molecule has 0 aliphatic heterocycles. The van der Waals surface area contributed by atoms with Crippen LogP contribution in [0.3, 0.4) is 0 Å². The van der Waals surface area contributed by atoms with E-state index >= 15 is 0 Å². The molecule has 0 spiro atoms. The number of methoxy groups -OCH3 is 1. The van der Waals surface area contributed by atoms with E-state index in [1.807, 2.05) is 35.1 Å². The molecule has 20 heavy (non-hydrogen) atoms. The predicted molar refractivity (Wildman–Crippen MR) is 79.2 cm³/mol. The summed E-state index contributed by atoms with van der Waals surface area (Å²) in [5, 5.41) is 4.61. The number of carbonyl (C=O) groups is 1. The predicted octanol–water partition coefficient (Wildman–Crippen LogP) is 3.73. The fourth-order valence-corrected chi connectivity index (χ4v) is 2.39. The van der Waals surface area contributed by atoms with E-state index < -0.39 is 0 Å². The van der Waals surface area contributed by atoms with Crippen molar-refractivity contribution in [3.63, 3.8) is 0 Å². The molecule has 4 heteroatoms. The summed E-state index contributed by atoms with van der Waals surface area (Å²) in [4.78, 5) is 11.3. The molecule has 0 aliphatic carbocycles. The van der Waals surface area contributed by atoms with Gasteiger partial charge in [-0.1, -0.05) is 26.0 Å². The first-order valence-corrected chi connectivity index (χ1v) is 6.92. The summed E-state index contributed by atoms with van der Waals surface area (Å²) in [5.41, 5.74) is 2.13. The summed E-state index contributed by atoms with van der Waals surface area (Å²) < 4.78 is 7.25. The number of ether oxygens (including phenoxy) is 1. The van der Waals surface area contributed by atoms with Gasteiger partial charge in [0, 0.05) is 11.8 Å². The van der Waals surface area contributed by atoms with Crippen LogP contribution in [-0.4, -0.2) is 23.2 Å². The molecule has 0 atom stereocenters. The highest BCUT2D eigenvalue weighted by atomic mass is 16.5. The first kappa shape index (κ1) is 14.3. The molecule has 0 aliphatic rings. The van der Waals surface area contributed by atoms with E-state index in [0.29, 0.717) is 17.3 Å². The average Bonchev–Trinajstić information content (AvgIpc) is 2.92. The summed E-state index contributed by atoms with van der Waals surface area (Å²) in [6.07, 6.45) is 4.66. The van der Waals surface area contributed by atoms with E-state index in [4.69, 9.17) is 4.74 Å². The largest absolute Gasteiger partial charge is 0.496 e. The highest BCUT2D eigenvalue weighted by Crippen LogP contribution is 2.31. The summed E-state index contributed by atoms with van der Waals surface area (Å²) >= 11 is 0. The highest BCUT2D eigenvalue weighted by Gasteiger charge is 2.17. The molecule has 1 aromatic heterocycles. The minimum atomic E-state index is 0.317. The molecule has 0 saturated heterocycles. The lowest BCUT2D eigenvalue weighted by atomic mass is 10.1. The van der Waals surface area contributed by atoms with Gasteiger partial charge in [-0.25, -0.2) is 0 Å². The van der Waals surface area contributed by atoms with Crippen LogP contribution >= 0.6 is 0 Å². The third-order valence-electron chi connectivity index (χ3n) is 3.57. The van der Waals surface area contributed by atoms with Crippen LogP contribution in [0.25, 0.3) is 11.3 Å². The van der Waals surface area contributed by atoms with Crippen molar-refractivity contribution in [1.82, 2.24) is 9.78 Å². The van der Waals surface area contributed by atoms with Gasteiger partial charge in [-0.3, -0.25) is 9.48 Å². The van der Waals surface area contributed by atoms with Crippen molar-refractivity contribution in [2.75, 3.05) is 7.11 Å². The van der Waals surface area contributed by atoms with Gasteiger partial charge in [-0.05, 0) is 25.0 Å². The van der Waals surface area contributed by atoms with Gasteiger partial charge in [-0.15, -0.1) is 0 Å². The van der Waals surface area contributed by atoms with Crippen LogP contribution in [0.1, 0.15) is 43.1 Å². The quantitative estimate of drug-likeness (QED) is 0.752. The Kier molecular flexibility index (Phi) is 4.56. The van der Waals surface area contributed by atoms with Gasteiger partial charge in [0.05, 0.1) is 18.7 Å². The third-order valence-corrected chi connectivity index (χ3v) is 3.57. The SMILES string of the molecule is CCC(CC)n1cc(C=O)c(-c2ccccc2OC)n1. The van der Waals surface area contributed by atoms with Crippen molar-refractivity contribution in [3.8, 4) is 17.0 Å². The van der Waals surface area contributed by atoms with Gasteiger partial charge >= 0.3 is 0 Å². The Morgan fingerprint density at radius 3 is 2.60 bits per heavy atom. The molecule has 0 N–H and O–H groups in total. The smallest absolute Gasteiger partial charge is 0.153 e. The number of hydrogen-bond donors (Lipinski definition) is 0. The average molecular weight is 272 g/mol. The Morgan fingerprint density at radius 1 is 1.30 bits per heavy atom. The van der Waals surface area contributed by atoms with E-state index in [0.717, 1.165) is 30.4 Å². The third kappa shape index (κ3) is 2.59. The number of aldehydes is 1. The summed E-state index contributed by atoms with van der Waals surface area (Å²) in [5.74, 6) is 0.727. The maximum atomic E-state index is 11.3. The minimum absolute atomic E-state index is 0.317. The molecule has 1 aromatic carbocycles. The molecule has 0 bridgehead atoms. The van der Waals surface area contributed by atoms with Crippen LogP contribution in [0.5, 0.6) is 5.75 Å². The van der Waals surface area contributed by atoms with Gasteiger partial charge in [-0.2, -0.15) is 5.10 Å². The number of carbonyl (C=O) groups excluding carboxylic acids is 1. The molecule has 0 unspecified atom stereocenters. The second-order valence-electron chi connectivity index (χ2n) is 4.70. The number of rotatable bonds is 6. The zero-order chi connectivity index (χ0) is 14.5. The fourth-order valence-electron chi connectivity index (χ4n) is 2.39. The number of nitrogens with zero attached hydrogens (tertiary/aromatic N) is 2. The standard InChI is InChI=1S/C16H20N2O2/c1-4-13(5-2)18-10-12(11-19)16(17-18)14-8-6-7-9-15(14)20-3/h6-11,13H,4-5H2,1-3H3. The van der Waals surface area contributed by atoms with Crippen molar-refractivity contribution < 1.29 is 9.53 Å². The molecule has 4 nitrogen and oxygen atoms in total. The van der Waals surface area contributed by atoms with Crippen molar-refractivity contribution in [3.05, 3.63) is 36.0 Å². The Labute approximate surface area is 119 Å². The highest BCUT2D eigenvalue weighted by molar-refractivity contribution is 5.87. The molecular weight excluding hydrogens is 252 g/mol. The van der Waals surface area contributed by atoms with Crippen molar-refractivity contribution in [2.45, 2.75) is 32.7 Å². The van der Waals surface area contributed by atoms with Gasteiger partial charge < -0.3 is 4.74 Å². The van der Waals surface area contributed by atoms with Crippen LogP contribution < -0.4 is 4.74 Å². The second-order valence-corrected chi connectivity index (χ2v) is 4.70. The van der Waals surface area contributed by atoms with E-state index in [1.54, 1.807) is 7.11 Å². The maximum Gasteiger partial charge on any atom is 0.153 e. The van der Waals surface area contributed by atoms with E-state index in [1.165, 1.54) is 0 Å². The number of hydrogen-bond acceptors (Lipinski definition) is 3. The molecule has 0 fully saturated rings. The van der Waals surface area contributed by atoms with Gasteiger partial charge in [0.25, 0.3) is 0 Å². The molecule has 1 heterocycles. The Morgan fingerprint density at radius 2 is 2.00 bits per heavy atom. The topological polar surface area (TPSA) is 44.1 Å². The number of aromatic nitrogens is 2. The van der Waals surface area contributed by atoms with Crippen LogP contribution in [0.2, 0.25) is 0 Å². The molecule has 0 amide bonds. The summed E-state index contributed by atoms with van der Waals surface area (Å²) in [6.45, 7) is 4.25. The second kappa shape index (κ2) is 6.37. The normalized spacial score (nSPS) is 10.8. The van der Waals surface area contributed by atoms with E-state index in [2.05, 4.69) is 18.9 Å². The monoisotopic (exact) mass is 272 g/mol. The van der Waals surface area contributed by atoms with Crippen LogP contribution in [-0.2, 0) is 0 Å². The lowest BCUT2D eigenvalue weighted by molar-refractivity contribution is 0.112. The van der Waals surface area contributed by atoms with Crippen molar-refractivity contribution in [2.24, 2.45) is 0 Å². The Balaban J connectivity index is 2.53. The van der Waals surface area contributed by atoms with Gasteiger partial charge in [0.2, 0.25) is 0 Å². The van der Waals surface area contributed by atoms with E-state index in [9.17, 15) is 4.79 Å². The first-order chi connectivity index (χ1) is 9.74. The van der Waals surface area contributed by atoms with Gasteiger partial charge in [0.15, 0.2) is 6.29 Å². The van der Waals surface area contributed by atoms with Gasteiger partial charge in [0.1, 0.15) is 11.4 Å². The molecule has 2 aromatic rings. The molecule has 106 valence electrons. The van der Waals surface area contributed by atoms with Crippen molar-refractivity contribution in [1.29, 1.82) is 0 Å². The molecule has 0 saturated carbocycles. The number of benzene rings is 1. The van der Waals surface area contributed by atoms with Crippen LogP contribution in [0.15, 0.2) is 30.5 Å². The zero-order valence-corrected chi connectivity index (χ0v) is 12.2. The fraction of sp³-hybridized carbons (Fsp3) is 0.375. The first-order valence-electron chi connectivity index (χ1n) is 6.92. The summed E-state index contributed by atoms with van der Waals surface area (Å²) in [7, 11) is 1.62. The van der Waals surface area contributed by atoms with Crippen LogP contribution in [0, 0.1) is 0 Å². The number of para-hydroxylation sites is 1. The summed E-state index contributed by atoms with van der Waals surface area (Å²) in [6, 6.07) is 7.94. The lowest BCUT2D eigenvalue weighted by Crippen LogP contribution is -2.07. The zero-order valence-electron chi connectivity index (χ0n) is 12.2. The van der Waals surface area contributed by atoms with Crippen molar-refractivity contribution >= 4 is 6.29 Å².